The van der Waals surface area contributed by atoms with Crippen molar-refractivity contribution in [3.63, 3.8) is 0 Å². The van der Waals surface area contributed by atoms with Crippen molar-refractivity contribution in [3.8, 4) is 0 Å². The summed E-state index contributed by atoms with van der Waals surface area (Å²) in [7, 11) is 0. The lowest BCUT2D eigenvalue weighted by Crippen LogP contribution is -2.48. The number of amides is 1. The van der Waals surface area contributed by atoms with E-state index in [1.165, 1.54) is 12.8 Å². The van der Waals surface area contributed by atoms with Crippen LogP contribution in [0.25, 0.3) is 0 Å². The second-order valence-electron chi connectivity index (χ2n) is 5.09. The Hall–Kier alpha value is -0.660. The van der Waals surface area contributed by atoms with E-state index in [4.69, 9.17) is 0 Å². The summed E-state index contributed by atoms with van der Waals surface area (Å²) in [4.78, 5) is 14.5. The number of nitrogens with zero attached hydrogens (tertiary/aromatic N) is 1. The maximum Gasteiger partial charge on any atom is 0.238 e. The van der Waals surface area contributed by atoms with Crippen molar-refractivity contribution in [2.24, 2.45) is 0 Å². The van der Waals surface area contributed by atoms with Crippen LogP contribution in [0.4, 0.5) is 5.69 Å². The Balaban J connectivity index is 1.90. The lowest BCUT2D eigenvalue weighted by molar-refractivity contribution is -0.117. The number of piperidine rings is 1. The van der Waals surface area contributed by atoms with Crippen LogP contribution in [0.15, 0.2) is 24.3 Å². The standard InChI is InChI=1S/C15H22IN3O/c1-2-19(12-6-5-9-17-10-12)11-15(20)18-14-8-4-3-7-13(14)16/h3-4,7-8,12,17H,2,5-6,9-11H2,1H3,(H,18,20). The molecular formula is C15H22IN3O. The van der Waals surface area contributed by atoms with Crippen LogP contribution in [0.5, 0.6) is 0 Å². The quantitative estimate of drug-likeness (QED) is 0.763. The Morgan fingerprint density at radius 3 is 2.95 bits per heavy atom. The van der Waals surface area contributed by atoms with Crippen molar-refractivity contribution >= 4 is 34.2 Å². The summed E-state index contributed by atoms with van der Waals surface area (Å²) < 4.78 is 1.07. The Labute approximate surface area is 134 Å². The molecule has 0 aliphatic carbocycles. The van der Waals surface area contributed by atoms with E-state index in [9.17, 15) is 4.79 Å². The number of nitrogens with one attached hydrogen (secondary N) is 2. The molecule has 1 aliphatic rings. The van der Waals surface area contributed by atoms with Crippen molar-refractivity contribution in [1.82, 2.24) is 10.2 Å². The van der Waals surface area contributed by atoms with Gasteiger partial charge in [0, 0.05) is 16.2 Å². The van der Waals surface area contributed by atoms with Gasteiger partial charge in [0.05, 0.1) is 12.2 Å². The van der Waals surface area contributed by atoms with E-state index in [1.54, 1.807) is 0 Å². The summed E-state index contributed by atoms with van der Waals surface area (Å²) in [5.41, 5.74) is 0.899. The fourth-order valence-corrected chi connectivity index (χ4v) is 3.10. The van der Waals surface area contributed by atoms with Gasteiger partial charge in [0.2, 0.25) is 5.91 Å². The van der Waals surface area contributed by atoms with Crippen LogP contribution < -0.4 is 10.6 Å². The second-order valence-corrected chi connectivity index (χ2v) is 6.25. The fraction of sp³-hybridized carbons (Fsp3) is 0.533. The highest BCUT2D eigenvalue weighted by Crippen LogP contribution is 2.17. The molecule has 2 N–H and O–H groups in total. The van der Waals surface area contributed by atoms with E-state index in [-0.39, 0.29) is 5.91 Å². The minimum Gasteiger partial charge on any atom is -0.324 e. The molecule has 5 heteroatoms. The molecule has 1 heterocycles. The third-order valence-electron chi connectivity index (χ3n) is 3.69. The summed E-state index contributed by atoms with van der Waals surface area (Å²) in [6.45, 7) is 5.58. The molecule has 0 spiro atoms. The predicted molar refractivity (Wildman–Crippen MR) is 90.9 cm³/mol. The summed E-state index contributed by atoms with van der Waals surface area (Å²) in [6.07, 6.45) is 2.37. The van der Waals surface area contributed by atoms with E-state index in [0.717, 1.165) is 28.9 Å². The van der Waals surface area contributed by atoms with Gasteiger partial charge in [-0.3, -0.25) is 9.69 Å². The number of para-hydroxylation sites is 1. The molecule has 1 amide bonds. The third-order valence-corrected chi connectivity index (χ3v) is 4.63. The Morgan fingerprint density at radius 1 is 1.50 bits per heavy atom. The normalized spacial score (nSPS) is 19.1. The number of rotatable bonds is 5. The molecular weight excluding hydrogens is 365 g/mol. The van der Waals surface area contributed by atoms with Crippen LogP contribution in [0.1, 0.15) is 19.8 Å². The average Bonchev–Trinajstić information content (AvgIpc) is 2.48. The monoisotopic (exact) mass is 387 g/mol. The number of halogens is 1. The molecule has 1 atom stereocenters. The molecule has 1 unspecified atom stereocenters. The van der Waals surface area contributed by atoms with Gasteiger partial charge < -0.3 is 10.6 Å². The summed E-state index contributed by atoms with van der Waals surface area (Å²) in [6, 6.07) is 8.34. The zero-order valence-corrected chi connectivity index (χ0v) is 14.0. The zero-order chi connectivity index (χ0) is 14.4. The first-order valence-electron chi connectivity index (χ1n) is 7.20. The number of benzene rings is 1. The largest absolute Gasteiger partial charge is 0.324 e. The first kappa shape index (κ1) is 15.7. The molecule has 4 nitrogen and oxygen atoms in total. The highest BCUT2D eigenvalue weighted by atomic mass is 127. The van der Waals surface area contributed by atoms with E-state index in [2.05, 4.69) is 45.0 Å². The lowest BCUT2D eigenvalue weighted by Gasteiger charge is -2.33. The van der Waals surface area contributed by atoms with Crippen LogP contribution in [-0.4, -0.2) is 43.0 Å². The van der Waals surface area contributed by atoms with Gasteiger partial charge in [-0.15, -0.1) is 0 Å². The van der Waals surface area contributed by atoms with Crippen LogP contribution in [0.3, 0.4) is 0 Å². The van der Waals surface area contributed by atoms with Crippen molar-refractivity contribution in [3.05, 3.63) is 27.8 Å². The van der Waals surface area contributed by atoms with Gasteiger partial charge in [0.15, 0.2) is 0 Å². The molecule has 2 rings (SSSR count). The molecule has 0 aromatic heterocycles. The predicted octanol–water partition coefficient (Wildman–Crippen LogP) is 2.30. The smallest absolute Gasteiger partial charge is 0.238 e. The molecule has 0 bridgehead atoms. The van der Waals surface area contributed by atoms with E-state index in [0.29, 0.717) is 12.6 Å². The Kier molecular flexibility index (Phi) is 6.25. The van der Waals surface area contributed by atoms with Gasteiger partial charge in [0.25, 0.3) is 0 Å². The SMILES string of the molecule is CCN(CC(=O)Nc1ccccc1I)C1CCCNC1. The van der Waals surface area contributed by atoms with E-state index in [1.807, 2.05) is 24.3 Å². The van der Waals surface area contributed by atoms with Crippen molar-refractivity contribution in [2.75, 3.05) is 31.5 Å². The van der Waals surface area contributed by atoms with E-state index >= 15 is 0 Å². The summed E-state index contributed by atoms with van der Waals surface area (Å²) >= 11 is 2.24. The zero-order valence-electron chi connectivity index (χ0n) is 11.9. The lowest BCUT2D eigenvalue weighted by atomic mass is 10.1. The van der Waals surface area contributed by atoms with Crippen LogP contribution in [0, 0.1) is 3.57 Å². The van der Waals surface area contributed by atoms with Crippen LogP contribution >= 0.6 is 22.6 Å². The number of carbonyl (C=O) groups excluding carboxylic acids is 1. The fourth-order valence-electron chi connectivity index (χ4n) is 2.58. The first-order chi connectivity index (χ1) is 9.70. The van der Waals surface area contributed by atoms with Gasteiger partial charge in [-0.05, 0) is 60.7 Å². The highest BCUT2D eigenvalue weighted by Gasteiger charge is 2.21. The van der Waals surface area contributed by atoms with E-state index < -0.39 is 0 Å². The second kappa shape index (κ2) is 7.95. The summed E-state index contributed by atoms with van der Waals surface area (Å²) in [5, 5.41) is 6.41. The van der Waals surface area contributed by atoms with Gasteiger partial charge in [-0.2, -0.15) is 0 Å². The number of likely N-dealkylation sites (N-methyl/N-ethyl adjacent to an activating group) is 1. The maximum atomic E-state index is 12.2. The summed E-state index contributed by atoms with van der Waals surface area (Å²) in [5.74, 6) is 0.0709. The van der Waals surface area contributed by atoms with Gasteiger partial charge in [-0.1, -0.05) is 19.1 Å². The first-order valence-corrected chi connectivity index (χ1v) is 8.27. The molecule has 0 radical (unpaired) electrons. The minimum atomic E-state index is 0.0709. The number of hydrogen-bond donors (Lipinski definition) is 2. The molecule has 1 aromatic rings. The van der Waals surface area contributed by atoms with Gasteiger partial charge in [-0.25, -0.2) is 0 Å². The topological polar surface area (TPSA) is 44.4 Å². The highest BCUT2D eigenvalue weighted by molar-refractivity contribution is 14.1. The number of anilines is 1. The molecule has 0 saturated carbocycles. The minimum absolute atomic E-state index is 0.0709. The number of hydrogen-bond acceptors (Lipinski definition) is 3. The van der Waals surface area contributed by atoms with Gasteiger partial charge >= 0.3 is 0 Å². The average molecular weight is 387 g/mol. The number of carbonyl (C=O) groups is 1. The van der Waals surface area contributed by atoms with Gasteiger partial charge in [0.1, 0.15) is 0 Å². The van der Waals surface area contributed by atoms with Crippen molar-refractivity contribution in [2.45, 2.75) is 25.8 Å². The molecule has 1 fully saturated rings. The maximum absolute atomic E-state index is 12.2. The molecule has 1 saturated heterocycles. The van der Waals surface area contributed by atoms with Crippen molar-refractivity contribution in [1.29, 1.82) is 0 Å². The third kappa shape index (κ3) is 4.43. The van der Waals surface area contributed by atoms with Crippen LogP contribution in [0.2, 0.25) is 0 Å². The Morgan fingerprint density at radius 2 is 2.30 bits per heavy atom. The molecule has 20 heavy (non-hydrogen) atoms. The van der Waals surface area contributed by atoms with Crippen LogP contribution in [-0.2, 0) is 4.79 Å². The molecule has 1 aliphatic heterocycles. The Bertz CT molecular complexity index is 446. The van der Waals surface area contributed by atoms with Crippen molar-refractivity contribution < 1.29 is 4.79 Å². The molecule has 110 valence electrons. The molecule has 1 aromatic carbocycles.